The Morgan fingerprint density at radius 3 is 2.11 bits per heavy atom. The van der Waals surface area contributed by atoms with Crippen molar-refractivity contribution in [2.24, 2.45) is 0 Å². The molecule has 0 amide bonds. The SMILES string of the molecule is CC(C)c1cc(-c2ccccc2)cc(C(C)C)c1-c1cccc2nc(-c3[c-]ccc4c3oc3ccc(C#N)cc34)oc12.[Ir].[c-]1ccccc1-c1ccccn1. The fourth-order valence-electron chi connectivity index (χ4n) is 7.00. The van der Waals surface area contributed by atoms with E-state index in [4.69, 9.17) is 13.8 Å². The number of nitrogens with zero attached hydrogens (tertiary/aromatic N) is 3. The van der Waals surface area contributed by atoms with Crippen molar-refractivity contribution in [2.75, 3.05) is 0 Å². The quantitative estimate of drug-likeness (QED) is 0.155. The Hall–Kier alpha value is -6.12. The molecule has 6 aromatic carbocycles. The normalized spacial score (nSPS) is 11.1. The summed E-state index contributed by atoms with van der Waals surface area (Å²) < 4.78 is 12.9. The maximum absolute atomic E-state index is 9.41. The minimum absolute atomic E-state index is 0. The first-order chi connectivity index (χ1) is 26.4. The van der Waals surface area contributed by atoms with E-state index >= 15 is 0 Å². The Bertz CT molecular complexity index is 2710. The van der Waals surface area contributed by atoms with Crippen LogP contribution in [0.15, 0.2) is 148 Å². The summed E-state index contributed by atoms with van der Waals surface area (Å²) in [5.41, 5.74) is 13.4. The molecule has 55 heavy (non-hydrogen) atoms. The molecule has 0 spiro atoms. The molecular formula is C49H37IrN3O2-2. The molecule has 0 aliphatic rings. The third-order valence-corrected chi connectivity index (χ3v) is 9.66. The molecule has 0 saturated carbocycles. The zero-order chi connectivity index (χ0) is 37.2. The molecule has 0 bridgehead atoms. The van der Waals surface area contributed by atoms with E-state index in [-0.39, 0.29) is 20.1 Å². The second-order valence-electron chi connectivity index (χ2n) is 13.9. The second-order valence-corrected chi connectivity index (χ2v) is 13.9. The van der Waals surface area contributed by atoms with Gasteiger partial charge in [-0.1, -0.05) is 99.8 Å². The molecule has 0 aliphatic heterocycles. The molecule has 1 radical (unpaired) electrons. The maximum atomic E-state index is 9.41. The number of aromatic nitrogens is 2. The van der Waals surface area contributed by atoms with E-state index < -0.39 is 0 Å². The smallest absolute Gasteiger partial charge is 0.149 e. The Kier molecular flexibility index (Phi) is 10.9. The molecule has 0 unspecified atom stereocenters. The average molecular weight is 892 g/mol. The van der Waals surface area contributed by atoms with E-state index in [1.54, 1.807) is 12.3 Å². The zero-order valence-electron chi connectivity index (χ0n) is 30.9. The first-order valence-corrected chi connectivity index (χ1v) is 18.2. The molecule has 0 aliphatic carbocycles. The summed E-state index contributed by atoms with van der Waals surface area (Å²) in [6.07, 6.45) is 1.79. The summed E-state index contributed by atoms with van der Waals surface area (Å²) >= 11 is 0. The number of hydrogen-bond acceptors (Lipinski definition) is 5. The number of hydrogen-bond donors (Lipinski definition) is 0. The summed E-state index contributed by atoms with van der Waals surface area (Å²) in [6, 6.07) is 53.0. The Balaban J connectivity index is 0.000000305. The molecular weight excluding hydrogens is 855 g/mol. The van der Waals surface area contributed by atoms with Crippen molar-refractivity contribution in [3.8, 4) is 51.0 Å². The summed E-state index contributed by atoms with van der Waals surface area (Å²) in [7, 11) is 0. The van der Waals surface area contributed by atoms with Crippen molar-refractivity contribution in [3.63, 3.8) is 0 Å². The molecule has 0 atom stereocenters. The van der Waals surface area contributed by atoms with Gasteiger partial charge < -0.3 is 13.8 Å². The van der Waals surface area contributed by atoms with Gasteiger partial charge in [0.25, 0.3) is 0 Å². The van der Waals surface area contributed by atoms with E-state index in [0.29, 0.717) is 40.0 Å². The molecule has 9 rings (SSSR count). The second kappa shape index (κ2) is 16.1. The van der Waals surface area contributed by atoms with Crippen molar-refractivity contribution < 1.29 is 28.9 Å². The van der Waals surface area contributed by atoms with Crippen LogP contribution < -0.4 is 0 Å². The van der Waals surface area contributed by atoms with Crippen LogP contribution in [0.3, 0.4) is 0 Å². The van der Waals surface area contributed by atoms with E-state index in [2.05, 4.69) is 105 Å². The third kappa shape index (κ3) is 7.38. The molecule has 6 heteroatoms. The fraction of sp³-hybridized carbons (Fsp3) is 0.122. The fourth-order valence-corrected chi connectivity index (χ4v) is 7.00. The number of rotatable bonds is 6. The van der Waals surface area contributed by atoms with Gasteiger partial charge in [-0.3, -0.25) is 4.98 Å². The predicted octanol–water partition coefficient (Wildman–Crippen LogP) is 13.2. The molecule has 0 saturated heterocycles. The minimum atomic E-state index is 0. The number of oxazole rings is 1. The molecule has 5 nitrogen and oxygen atoms in total. The molecule has 271 valence electrons. The molecule has 3 heterocycles. The van der Waals surface area contributed by atoms with Gasteiger partial charge in [-0.15, -0.1) is 54.1 Å². The first kappa shape index (κ1) is 37.2. The first-order valence-electron chi connectivity index (χ1n) is 18.2. The van der Waals surface area contributed by atoms with Crippen LogP contribution in [-0.2, 0) is 20.1 Å². The number of benzene rings is 6. The Morgan fingerprint density at radius 2 is 1.42 bits per heavy atom. The van der Waals surface area contributed by atoms with Gasteiger partial charge in [-0.05, 0) is 81.2 Å². The topological polar surface area (TPSA) is 75.8 Å². The van der Waals surface area contributed by atoms with Crippen LogP contribution in [0.1, 0.15) is 56.2 Å². The van der Waals surface area contributed by atoms with Crippen LogP contribution in [0.25, 0.3) is 78.0 Å². The van der Waals surface area contributed by atoms with Crippen LogP contribution in [0, 0.1) is 23.5 Å². The molecule has 0 N–H and O–H groups in total. The Labute approximate surface area is 334 Å². The Morgan fingerprint density at radius 1 is 0.655 bits per heavy atom. The standard InChI is InChI=1S/C38H29N2O2.C11H8N.Ir/c1-22(2)30-19-26(25-10-6-5-7-11-25)20-31(23(3)4)35(30)28-13-9-15-33-37(28)42-38(40-33)29-14-8-12-27-32-18-24(21-39)16-17-34(32)41-36(27)29;1-2-6-10(7-3-1)11-8-4-5-9-12-11;/h5-13,15-20,22-23H,1-4H3;1-6,8-9H;/q2*-1;. The number of pyridine rings is 1. The largest absolute Gasteiger partial charge is 0.500 e. The van der Waals surface area contributed by atoms with Crippen molar-refractivity contribution >= 4 is 33.0 Å². The number of para-hydroxylation sites is 1. The van der Waals surface area contributed by atoms with Crippen molar-refractivity contribution in [1.82, 2.24) is 9.97 Å². The van der Waals surface area contributed by atoms with Gasteiger partial charge in [-0.25, -0.2) is 0 Å². The number of nitriles is 1. The monoisotopic (exact) mass is 892 g/mol. The van der Waals surface area contributed by atoms with Crippen LogP contribution in [0.2, 0.25) is 0 Å². The zero-order valence-corrected chi connectivity index (χ0v) is 33.3. The minimum Gasteiger partial charge on any atom is -0.500 e. The van der Waals surface area contributed by atoms with Crippen molar-refractivity contribution in [1.29, 1.82) is 5.26 Å². The third-order valence-electron chi connectivity index (χ3n) is 9.66. The van der Waals surface area contributed by atoms with Crippen LogP contribution >= 0.6 is 0 Å². The van der Waals surface area contributed by atoms with Gasteiger partial charge in [0, 0.05) is 37.3 Å². The van der Waals surface area contributed by atoms with Crippen molar-refractivity contribution in [3.05, 3.63) is 168 Å². The summed E-state index contributed by atoms with van der Waals surface area (Å²) in [4.78, 5) is 9.14. The van der Waals surface area contributed by atoms with Gasteiger partial charge in [-0.2, -0.15) is 5.26 Å². The summed E-state index contributed by atoms with van der Waals surface area (Å²) in [5.74, 6) is 1.06. The van der Waals surface area contributed by atoms with Crippen LogP contribution in [-0.4, -0.2) is 9.97 Å². The van der Waals surface area contributed by atoms with Crippen LogP contribution in [0.5, 0.6) is 0 Å². The van der Waals surface area contributed by atoms with Gasteiger partial charge in [0.05, 0.1) is 22.7 Å². The average Bonchev–Trinajstić information content (AvgIpc) is 3.83. The maximum Gasteiger partial charge on any atom is 0.149 e. The van der Waals surface area contributed by atoms with Gasteiger partial charge in [0.15, 0.2) is 0 Å². The summed E-state index contributed by atoms with van der Waals surface area (Å²) in [5, 5.41) is 11.2. The predicted molar refractivity (Wildman–Crippen MR) is 218 cm³/mol. The molecule has 3 aromatic heterocycles. The van der Waals surface area contributed by atoms with Crippen molar-refractivity contribution in [2.45, 2.75) is 39.5 Å². The molecule has 9 aromatic rings. The van der Waals surface area contributed by atoms with E-state index in [1.165, 1.54) is 27.8 Å². The van der Waals surface area contributed by atoms with Gasteiger partial charge >= 0.3 is 0 Å². The summed E-state index contributed by atoms with van der Waals surface area (Å²) in [6.45, 7) is 8.99. The van der Waals surface area contributed by atoms with E-state index in [0.717, 1.165) is 38.7 Å². The number of fused-ring (bicyclic) bond motifs is 4. The van der Waals surface area contributed by atoms with Gasteiger partial charge in [0.1, 0.15) is 17.1 Å². The van der Waals surface area contributed by atoms with Crippen LogP contribution in [0.4, 0.5) is 0 Å². The number of furan rings is 1. The van der Waals surface area contributed by atoms with Gasteiger partial charge in [0.2, 0.25) is 0 Å². The van der Waals surface area contributed by atoms with E-state index in [9.17, 15) is 5.26 Å². The molecule has 0 fully saturated rings. The van der Waals surface area contributed by atoms with E-state index in [1.807, 2.05) is 72.8 Å².